The van der Waals surface area contributed by atoms with Gasteiger partial charge in [0.1, 0.15) is 0 Å². The average Bonchev–Trinajstić information content (AvgIpc) is 2.37. The SMILES string of the molecule is C#CCCCNC(=O)c1cccc(N)c1OCC. The van der Waals surface area contributed by atoms with Gasteiger partial charge in [0, 0.05) is 13.0 Å². The van der Waals surface area contributed by atoms with E-state index >= 15 is 0 Å². The van der Waals surface area contributed by atoms with Gasteiger partial charge in [-0.25, -0.2) is 0 Å². The van der Waals surface area contributed by atoms with Crippen LogP contribution in [-0.4, -0.2) is 19.1 Å². The Morgan fingerprint density at radius 1 is 1.56 bits per heavy atom. The molecule has 18 heavy (non-hydrogen) atoms. The van der Waals surface area contributed by atoms with Crippen LogP contribution in [0, 0.1) is 12.3 Å². The molecule has 1 aromatic rings. The van der Waals surface area contributed by atoms with Gasteiger partial charge in [0.2, 0.25) is 0 Å². The summed E-state index contributed by atoms with van der Waals surface area (Å²) >= 11 is 0. The molecule has 4 nitrogen and oxygen atoms in total. The third-order valence-corrected chi connectivity index (χ3v) is 2.36. The summed E-state index contributed by atoms with van der Waals surface area (Å²) in [6.07, 6.45) is 6.55. The average molecular weight is 246 g/mol. The van der Waals surface area contributed by atoms with E-state index < -0.39 is 0 Å². The van der Waals surface area contributed by atoms with Crippen LogP contribution in [0.15, 0.2) is 18.2 Å². The Labute approximate surface area is 108 Å². The first-order chi connectivity index (χ1) is 8.70. The molecule has 1 amide bonds. The van der Waals surface area contributed by atoms with Crippen LogP contribution >= 0.6 is 0 Å². The molecule has 0 aliphatic carbocycles. The number of anilines is 1. The Balaban J connectivity index is 2.73. The van der Waals surface area contributed by atoms with Gasteiger partial charge in [-0.2, -0.15) is 0 Å². The molecule has 1 aromatic carbocycles. The van der Waals surface area contributed by atoms with Crippen molar-refractivity contribution in [2.24, 2.45) is 0 Å². The third kappa shape index (κ3) is 3.70. The second-order valence-corrected chi connectivity index (χ2v) is 3.72. The predicted octanol–water partition coefficient (Wildman–Crippen LogP) is 1.81. The minimum absolute atomic E-state index is 0.192. The summed E-state index contributed by atoms with van der Waals surface area (Å²) in [5.41, 5.74) is 6.71. The quantitative estimate of drug-likeness (QED) is 0.457. The van der Waals surface area contributed by atoms with Gasteiger partial charge in [0.15, 0.2) is 5.75 Å². The fourth-order valence-electron chi connectivity index (χ4n) is 1.53. The number of carbonyl (C=O) groups excluding carboxylic acids is 1. The van der Waals surface area contributed by atoms with E-state index in [0.29, 0.717) is 36.6 Å². The first-order valence-corrected chi connectivity index (χ1v) is 5.93. The smallest absolute Gasteiger partial charge is 0.255 e. The monoisotopic (exact) mass is 246 g/mol. The lowest BCUT2D eigenvalue weighted by molar-refractivity contribution is 0.0949. The molecule has 0 spiro atoms. The summed E-state index contributed by atoms with van der Waals surface area (Å²) < 4.78 is 5.40. The molecule has 0 fully saturated rings. The van der Waals surface area contributed by atoms with Crippen molar-refractivity contribution in [3.8, 4) is 18.1 Å². The lowest BCUT2D eigenvalue weighted by Gasteiger charge is -2.12. The van der Waals surface area contributed by atoms with Crippen molar-refractivity contribution in [3.63, 3.8) is 0 Å². The van der Waals surface area contributed by atoms with Gasteiger partial charge in [-0.3, -0.25) is 4.79 Å². The highest BCUT2D eigenvalue weighted by atomic mass is 16.5. The number of hydrogen-bond acceptors (Lipinski definition) is 3. The van der Waals surface area contributed by atoms with Crippen LogP contribution in [0.4, 0.5) is 5.69 Å². The van der Waals surface area contributed by atoms with Crippen LogP contribution in [0.1, 0.15) is 30.1 Å². The Hall–Kier alpha value is -2.15. The summed E-state index contributed by atoms with van der Waals surface area (Å²) in [6, 6.07) is 5.13. The zero-order chi connectivity index (χ0) is 13.4. The van der Waals surface area contributed by atoms with Crippen molar-refractivity contribution in [2.45, 2.75) is 19.8 Å². The Bertz CT molecular complexity index is 450. The summed E-state index contributed by atoms with van der Waals surface area (Å²) in [4.78, 5) is 12.0. The van der Waals surface area contributed by atoms with Crippen molar-refractivity contribution in [1.29, 1.82) is 0 Å². The molecule has 0 aromatic heterocycles. The molecule has 3 N–H and O–H groups in total. The van der Waals surface area contributed by atoms with Crippen LogP contribution in [-0.2, 0) is 0 Å². The Kier molecular flexibility index (Phi) is 5.59. The molecule has 0 saturated carbocycles. The molecule has 4 heteroatoms. The number of nitrogens with two attached hydrogens (primary N) is 1. The highest BCUT2D eigenvalue weighted by Gasteiger charge is 2.14. The number of benzene rings is 1. The summed E-state index contributed by atoms with van der Waals surface area (Å²) in [7, 11) is 0. The van der Waals surface area contributed by atoms with Crippen LogP contribution in [0.5, 0.6) is 5.75 Å². The molecule has 0 aliphatic heterocycles. The Morgan fingerprint density at radius 2 is 2.33 bits per heavy atom. The zero-order valence-corrected chi connectivity index (χ0v) is 10.5. The van der Waals surface area contributed by atoms with Crippen LogP contribution in [0.2, 0.25) is 0 Å². The summed E-state index contributed by atoms with van der Waals surface area (Å²) in [6.45, 7) is 2.86. The van der Waals surface area contributed by atoms with Crippen LogP contribution in [0.25, 0.3) is 0 Å². The van der Waals surface area contributed by atoms with E-state index in [2.05, 4.69) is 11.2 Å². The maximum absolute atomic E-state index is 12.0. The number of hydrogen-bond donors (Lipinski definition) is 2. The van der Waals surface area contributed by atoms with E-state index in [1.165, 1.54) is 0 Å². The molecule has 0 saturated heterocycles. The topological polar surface area (TPSA) is 64.4 Å². The second kappa shape index (κ2) is 7.23. The number of nitrogen functional groups attached to an aromatic ring is 1. The third-order valence-electron chi connectivity index (χ3n) is 2.36. The fourth-order valence-corrected chi connectivity index (χ4v) is 1.53. The normalized spacial score (nSPS) is 9.56. The van der Waals surface area contributed by atoms with E-state index in [0.717, 1.165) is 6.42 Å². The molecule has 0 heterocycles. The lowest BCUT2D eigenvalue weighted by Crippen LogP contribution is -2.25. The van der Waals surface area contributed by atoms with Gasteiger partial charge < -0.3 is 15.8 Å². The van der Waals surface area contributed by atoms with E-state index in [1.807, 2.05) is 6.92 Å². The summed E-state index contributed by atoms with van der Waals surface area (Å²) in [5.74, 6) is 2.77. The summed E-state index contributed by atoms with van der Waals surface area (Å²) in [5, 5.41) is 2.79. The number of carbonyl (C=O) groups is 1. The maximum atomic E-state index is 12.0. The number of terminal acetylenes is 1. The molecule has 0 radical (unpaired) electrons. The van der Waals surface area contributed by atoms with Gasteiger partial charge in [0.25, 0.3) is 5.91 Å². The Morgan fingerprint density at radius 3 is 3.00 bits per heavy atom. The molecule has 1 rings (SSSR count). The molecular formula is C14H18N2O2. The van der Waals surface area contributed by atoms with Gasteiger partial charge in [-0.05, 0) is 25.5 Å². The van der Waals surface area contributed by atoms with E-state index in [4.69, 9.17) is 16.9 Å². The van der Waals surface area contributed by atoms with Crippen LogP contribution in [0.3, 0.4) is 0 Å². The minimum atomic E-state index is -0.192. The fraction of sp³-hybridized carbons (Fsp3) is 0.357. The molecule has 0 bridgehead atoms. The molecule has 0 atom stereocenters. The molecule has 96 valence electrons. The standard InChI is InChI=1S/C14H18N2O2/c1-3-5-6-10-16-14(17)11-8-7-9-12(15)13(11)18-4-2/h1,7-9H,4-6,10,15H2,2H3,(H,16,17). The second-order valence-electron chi connectivity index (χ2n) is 3.72. The molecule has 0 unspecified atom stereocenters. The number of rotatable bonds is 6. The number of amides is 1. The van der Waals surface area contributed by atoms with Crippen molar-refractivity contribution in [2.75, 3.05) is 18.9 Å². The van der Waals surface area contributed by atoms with Crippen molar-refractivity contribution in [3.05, 3.63) is 23.8 Å². The first kappa shape index (κ1) is 13.9. The van der Waals surface area contributed by atoms with Gasteiger partial charge in [-0.15, -0.1) is 12.3 Å². The van der Waals surface area contributed by atoms with Crippen molar-refractivity contribution < 1.29 is 9.53 Å². The van der Waals surface area contributed by atoms with E-state index in [1.54, 1.807) is 18.2 Å². The van der Waals surface area contributed by atoms with Gasteiger partial charge in [-0.1, -0.05) is 6.07 Å². The molecule has 0 aliphatic rings. The van der Waals surface area contributed by atoms with E-state index in [-0.39, 0.29) is 5.91 Å². The highest BCUT2D eigenvalue weighted by molar-refractivity contribution is 5.98. The minimum Gasteiger partial charge on any atom is -0.491 e. The van der Waals surface area contributed by atoms with Gasteiger partial charge in [0.05, 0.1) is 17.9 Å². The number of ether oxygens (including phenoxy) is 1. The van der Waals surface area contributed by atoms with Gasteiger partial charge >= 0.3 is 0 Å². The zero-order valence-electron chi connectivity index (χ0n) is 10.5. The maximum Gasteiger partial charge on any atom is 0.255 e. The van der Waals surface area contributed by atoms with Crippen LogP contribution < -0.4 is 15.8 Å². The lowest BCUT2D eigenvalue weighted by atomic mass is 10.1. The van der Waals surface area contributed by atoms with Crippen molar-refractivity contribution >= 4 is 11.6 Å². The first-order valence-electron chi connectivity index (χ1n) is 5.93. The van der Waals surface area contributed by atoms with E-state index in [9.17, 15) is 4.79 Å². The number of para-hydroxylation sites is 1. The predicted molar refractivity (Wildman–Crippen MR) is 72.4 cm³/mol. The van der Waals surface area contributed by atoms with Crippen molar-refractivity contribution in [1.82, 2.24) is 5.32 Å². The number of nitrogens with one attached hydrogen (secondary N) is 1. The molecular weight excluding hydrogens is 228 g/mol. The largest absolute Gasteiger partial charge is 0.491 e. The number of unbranched alkanes of at least 4 members (excludes halogenated alkanes) is 1. The highest BCUT2D eigenvalue weighted by Crippen LogP contribution is 2.26.